The summed E-state index contributed by atoms with van der Waals surface area (Å²) < 4.78 is 7.12. The molecule has 0 aliphatic heterocycles. The fourth-order valence-corrected chi connectivity index (χ4v) is 3.48. The molecule has 4 aromatic rings. The smallest absolute Gasteiger partial charge is 0.278 e. The predicted octanol–water partition coefficient (Wildman–Crippen LogP) is 4.41. The van der Waals surface area contributed by atoms with Crippen molar-refractivity contribution in [1.82, 2.24) is 19.7 Å². The van der Waals surface area contributed by atoms with Gasteiger partial charge in [0.15, 0.2) is 5.75 Å². The largest absolute Gasteiger partial charge is 0.505 e. The quantitative estimate of drug-likeness (QED) is 0.523. The first-order chi connectivity index (χ1) is 14.4. The lowest BCUT2D eigenvalue weighted by Crippen LogP contribution is -2.22. The van der Waals surface area contributed by atoms with Gasteiger partial charge in [-0.3, -0.25) is 4.79 Å². The maximum Gasteiger partial charge on any atom is 0.278 e. The van der Waals surface area contributed by atoms with Crippen molar-refractivity contribution in [2.24, 2.45) is 7.05 Å². The van der Waals surface area contributed by atoms with Gasteiger partial charge in [0.1, 0.15) is 11.4 Å². The number of benzene rings is 2. The molecule has 0 radical (unpaired) electrons. The highest BCUT2D eigenvalue weighted by Crippen LogP contribution is 2.33. The third-order valence-electron chi connectivity index (χ3n) is 4.82. The molecule has 0 atom stereocenters. The number of nitrogens with zero attached hydrogens (tertiary/aromatic N) is 4. The molecule has 2 aromatic heterocycles. The summed E-state index contributed by atoms with van der Waals surface area (Å²) in [7, 11) is 1.56. The predicted molar refractivity (Wildman–Crippen MR) is 115 cm³/mol. The second-order valence-electron chi connectivity index (χ2n) is 6.85. The average molecular weight is 423 g/mol. The van der Waals surface area contributed by atoms with Crippen molar-refractivity contribution < 1.29 is 9.84 Å². The van der Waals surface area contributed by atoms with E-state index in [1.165, 1.54) is 10.9 Å². The van der Waals surface area contributed by atoms with Crippen LogP contribution in [0, 0.1) is 6.92 Å². The van der Waals surface area contributed by atoms with Gasteiger partial charge in [0, 0.05) is 12.1 Å². The summed E-state index contributed by atoms with van der Waals surface area (Å²) in [5, 5.41) is 15.1. The van der Waals surface area contributed by atoms with E-state index in [4.69, 9.17) is 16.3 Å². The highest BCUT2D eigenvalue weighted by Gasteiger charge is 2.18. The first kappa shape index (κ1) is 19.8. The maximum atomic E-state index is 12.6. The van der Waals surface area contributed by atoms with Gasteiger partial charge in [0.05, 0.1) is 22.8 Å². The Labute approximate surface area is 177 Å². The first-order valence-corrected chi connectivity index (χ1v) is 9.75. The molecule has 2 heterocycles. The Bertz CT molecular complexity index is 1330. The summed E-state index contributed by atoms with van der Waals surface area (Å²) >= 11 is 5.98. The van der Waals surface area contributed by atoms with E-state index in [-0.39, 0.29) is 16.9 Å². The van der Waals surface area contributed by atoms with Gasteiger partial charge in [-0.15, -0.1) is 0 Å². The number of ether oxygens (including phenoxy) is 1. The van der Waals surface area contributed by atoms with E-state index in [1.807, 2.05) is 13.0 Å². The Kier molecular flexibility index (Phi) is 5.13. The van der Waals surface area contributed by atoms with Crippen LogP contribution in [0.4, 0.5) is 0 Å². The zero-order valence-corrected chi connectivity index (χ0v) is 17.4. The minimum Gasteiger partial charge on any atom is -0.505 e. The molecule has 4 rings (SSSR count). The molecule has 0 aliphatic carbocycles. The summed E-state index contributed by atoms with van der Waals surface area (Å²) in [5.74, 6) is 0.791. The SMILES string of the molecule is CCc1cc(Oc2cnc3cc(Cl)ccc3n2)ccc1-c1c(O)c(C)nn(C)c1=O. The maximum absolute atomic E-state index is 12.6. The standard InChI is InChI=1S/C22H19ClN4O3/c1-4-13-9-15(30-19-11-24-18-10-14(23)5-8-17(18)25-19)6-7-16(13)20-21(28)12(2)26-27(3)22(20)29/h5-11,28H,4H2,1-3H3. The molecule has 0 unspecified atom stereocenters. The third-order valence-corrected chi connectivity index (χ3v) is 5.05. The lowest BCUT2D eigenvalue weighted by molar-refractivity contribution is 0.459. The van der Waals surface area contributed by atoms with Crippen molar-refractivity contribution in [2.45, 2.75) is 20.3 Å². The van der Waals surface area contributed by atoms with E-state index >= 15 is 0 Å². The molecule has 0 bridgehead atoms. The van der Waals surface area contributed by atoms with Gasteiger partial charge in [0.25, 0.3) is 5.56 Å². The van der Waals surface area contributed by atoms with Gasteiger partial charge in [-0.2, -0.15) is 5.10 Å². The minimum absolute atomic E-state index is 0.111. The molecule has 0 amide bonds. The van der Waals surface area contributed by atoms with Crippen molar-refractivity contribution in [3.63, 3.8) is 0 Å². The van der Waals surface area contributed by atoms with Crippen LogP contribution >= 0.6 is 11.6 Å². The highest BCUT2D eigenvalue weighted by atomic mass is 35.5. The van der Waals surface area contributed by atoms with E-state index in [2.05, 4.69) is 15.1 Å². The summed E-state index contributed by atoms with van der Waals surface area (Å²) in [6, 6.07) is 10.6. The zero-order valence-electron chi connectivity index (χ0n) is 16.7. The third kappa shape index (κ3) is 3.59. The minimum atomic E-state index is -0.361. The number of aromatic nitrogens is 4. The van der Waals surface area contributed by atoms with Gasteiger partial charge in [-0.05, 0) is 54.8 Å². The Morgan fingerprint density at radius 3 is 2.73 bits per heavy atom. The van der Waals surface area contributed by atoms with Crippen LogP contribution in [-0.2, 0) is 13.5 Å². The fraction of sp³-hybridized carbons (Fsp3) is 0.182. The van der Waals surface area contributed by atoms with Crippen molar-refractivity contribution in [2.75, 3.05) is 0 Å². The molecule has 0 fully saturated rings. The molecule has 30 heavy (non-hydrogen) atoms. The highest BCUT2D eigenvalue weighted by molar-refractivity contribution is 6.31. The number of halogens is 1. The van der Waals surface area contributed by atoms with Crippen LogP contribution in [-0.4, -0.2) is 24.9 Å². The summed E-state index contributed by atoms with van der Waals surface area (Å²) in [5.41, 5.74) is 3.11. The molecule has 0 saturated heterocycles. The molecule has 0 spiro atoms. The topological polar surface area (TPSA) is 90.1 Å². The van der Waals surface area contributed by atoms with Gasteiger partial charge in [0.2, 0.25) is 5.88 Å². The van der Waals surface area contributed by atoms with Gasteiger partial charge < -0.3 is 9.84 Å². The summed E-state index contributed by atoms with van der Waals surface area (Å²) in [4.78, 5) is 21.4. The van der Waals surface area contributed by atoms with E-state index in [0.717, 1.165) is 5.56 Å². The Balaban J connectivity index is 1.73. The van der Waals surface area contributed by atoms with Crippen molar-refractivity contribution in [1.29, 1.82) is 0 Å². The molecule has 8 heteroatoms. The lowest BCUT2D eigenvalue weighted by atomic mass is 9.98. The monoisotopic (exact) mass is 422 g/mol. The molecule has 152 valence electrons. The zero-order chi connectivity index (χ0) is 21.4. The van der Waals surface area contributed by atoms with Crippen LogP contribution in [0.25, 0.3) is 22.2 Å². The van der Waals surface area contributed by atoms with Crippen LogP contribution in [0.2, 0.25) is 5.02 Å². The Morgan fingerprint density at radius 2 is 1.97 bits per heavy atom. The Hall–Kier alpha value is -3.45. The molecular weight excluding hydrogens is 404 g/mol. The van der Waals surface area contributed by atoms with Crippen molar-refractivity contribution in [3.05, 3.63) is 69.2 Å². The number of fused-ring (bicyclic) bond motifs is 1. The number of hydrogen-bond acceptors (Lipinski definition) is 6. The molecule has 1 N–H and O–H groups in total. The van der Waals surface area contributed by atoms with Gasteiger partial charge in [-0.1, -0.05) is 24.6 Å². The van der Waals surface area contributed by atoms with Gasteiger partial charge >= 0.3 is 0 Å². The number of aryl methyl sites for hydroxylation is 3. The van der Waals surface area contributed by atoms with Crippen LogP contribution < -0.4 is 10.3 Å². The molecule has 0 saturated carbocycles. The van der Waals surface area contributed by atoms with E-state index in [1.54, 1.807) is 44.3 Å². The molecule has 2 aromatic carbocycles. The van der Waals surface area contributed by atoms with E-state index in [9.17, 15) is 9.90 Å². The van der Waals surface area contributed by atoms with E-state index in [0.29, 0.717) is 45.4 Å². The lowest BCUT2D eigenvalue weighted by Gasteiger charge is -2.14. The van der Waals surface area contributed by atoms with Crippen LogP contribution in [0.5, 0.6) is 17.4 Å². The van der Waals surface area contributed by atoms with Crippen LogP contribution in [0.1, 0.15) is 18.2 Å². The van der Waals surface area contributed by atoms with Gasteiger partial charge in [-0.25, -0.2) is 14.6 Å². The van der Waals surface area contributed by atoms with Crippen LogP contribution in [0.3, 0.4) is 0 Å². The molecular formula is C22H19ClN4O3. The summed E-state index contributed by atoms with van der Waals surface area (Å²) in [6.45, 7) is 3.63. The fourth-order valence-electron chi connectivity index (χ4n) is 3.31. The molecule has 7 nitrogen and oxygen atoms in total. The number of hydrogen-bond donors (Lipinski definition) is 1. The van der Waals surface area contributed by atoms with Crippen LogP contribution in [0.15, 0.2) is 47.4 Å². The number of rotatable bonds is 4. The van der Waals surface area contributed by atoms with E-state index < -0.39 is 0 Å². The number of aromatic hydroxyl groups is 1. The first-order valence-electron chi connectivity index (χ1n) is 9.37. The molecule has 0 aliphatic rings. The normalized spacial score (nSPS) is 11.1. The van der Waals surface area contributed by atoms with Crippen molar-refractivity contribution in [3.8, 4) is 28.5 Å². The second-order valence-corrected chi connectivity index (χ2v) is 7.29. The average Bonchev–Trinajstić information content (AvgIpc) is 2.73. The summed E-state index contributed by atoms with van der Waals surface area (Å²) in [6.07, 6.45) is 2.17. The van der Waals surface area contributed by atoms with Crippen molar-refractivity contribution >= 4 is 22.6 Å². The Morgan fingerprint density at radius 1 is 1.17 bits per heavy atom. The second kappa shape index (κ2) is 7.76.